The topological polar surface area (TPSA) is 109 Å². The van der Waals surface area contributed by atoms with Gasteiger partial charge in [-0.2, -0.15) is 0 Å². The van der Waals surface area contributed by atoms with Crippen molar-refractivity contribution in [3.63, 3.8) is 0 Å². The maximum absolute atomic E-state index is 12.9. The molecule has 27 heavy (non-hydrogen) atoms. The van der Waals surface area contributed by atoms with E-state index in [1.807, 2.05) is 24.3 Å². The minimum atomic E-state index is -0.774. The normalized spacial score (nSPS) is 11.4. The fourth-order valence-corrected chi connectivity index (χ4v) is 3.24. The van der Waals surface area contributed by atoms with Gasteiger partial charge in [0.25, 0.3) is 11.4 Å². The summed E-state index contributed by atoms with van der Waals surface area (Å²) in [6, 6.07) is 15.7. The number of para-hydroxylation sites is 1. The van der Waals surface area contributed by atoms with Crippen molar-refractivity contribution in [2.45, 2.75) is 0 Å². The summed E-state index contributed by atoms with van der Waals surface area (Å²) in [6.07, 6.45) is 0. The SMILES string of the molecule is O=c1[nH]nc(-c2cc3ccccc3[nH]2)oc2c(=O)c3ccccc3c(=O)c1=2. The molecule has 2 aliphatic rings. The zero-order chi connectivity index (χ0) is 18.5. The Kier molecular flexibility index (Phi) is 3.11. The van der Waals surface area contributed by atoms with Crippen molar-refractivity contribution in [1.82, 2.24) is 15.2 Å². The smallest absolute Gasteiger partial charge is 0.279 e. The first-order valence-electron chi connectivity index (χ1n) is 8.20. The van der Waals surface area contributed by atoms with Crippen LogP contribution in [0.2, 0.25) is 0 Å². The van der Waals surface area contributed by atoms with Gasteiger partial charge >= 0.3 is 0 Å². The molecule has 0 atom stereocenters. The lowest BCUT2D eigenvalue weighted by Gasteiger charge is -1.95. The summed E-state index contributed by atoms with van der Waals surface area (Å²) < 4.78 is 5.69. The number of benzene rings is 2. The molecule has 0 unspecified atom stereocenters. The molecule has 130 valence electrons. The summed E-state index contributed by atoms with van der Waals surface area (Å²) in [7, 11) is 0. The lowest BCUT2D eigenvalue weighted by molar-refractivity contribution is 0.514. The van der Waals surface area contributed by atoms with Gasteiger partial charge in [0.1, 0.15) is 10.9 Å². The van der Waals surface area contributed by atoms with Crippen molar-refractivity contribution in [3.8, 4) is 11.6 Å². The molecule has 1 aromatic heterocycles. The fourth-order valence-electron chi connectivity index (χ4n) is 3.24. The van der Waals surface area contributed by atoms with Gasteiger partial charge in [-0.15, -0.1) is 5.10 Å². The van der Waals surface area contributed by atoms with Crippen LogP contribution in [0.3, 0.4) is 0 Å². The molecular weight excluding hydrogens is 346 g/mol. The molecule has 0 spiro atoms. The molecule has 5 rings (SSSR count). The molecule has 3 aromatic rings. The molecule has 0 amide bonds. The first-order chi connectivity index (χ1) is 13.1. The number of H-pyrrole nitrogens is 2. The Morgan fingerprint density at radius 3 is 2.33 bits per heavy atom. The molecule has 0 bridgehead atoms. The van der Waals surface area contributed by atoms with Crippen LogP contribution in [0, 0.1) is 10.6 Å². The fraction of sp³-hybridized carbons (Fsp3) is 0. The minimum Gasteiger partial charge on any atom is -0.431 e. The van der Waals surface area contributed by atoms with Crippen LogP contribution in [0.15, 0.2) is 73.4 Å². The molecule has 7 nitrogen and oxygen atoms in total. The van der Waals surface area contributed by atoms with E-state index in [1.165, 1.54) is 12.1 Å². The number of fused-ring (bicyclic) bond motifs is 2. The van der Waals surface area contributed by atoms with Crippen molar-refractivity contribution in [3.05, 3.63) is 96.0 Å². The van der Waals surface area contributed by atoms with Gasteiger partial charge in [-0.25, -0.2) is 5.10 Å². The third kappa shape index (κ3) is 2.22. The molecule has 2 N–H and O–H groups in total. The number of hydrogen-bond acceptors (Lipinski definition) is 5. The van der Waals surface area contributed by atoms with E-state index >= 15 is 0 Å². The van der Waals surface area contributed by atoms with Crippen molar-refractivity contribution >= 4 is 21.7 Å². The van der Waals surface area contributed by atoms with Gasteiger partial charge in [0.15, 0.2) is 5.42 Å². The Bertz CT molecular complexity index is 1560. The summed E-state index contributed by atoms with van der Waals surface area (Å²) in [4.78, 5) is 41.1. The van der Waals surface area contributed by atoms with Crippen LogP contribution < -0.4 is 16.4 Å². The van der Waals surface area contributed by atoms with Crippen LogP contribution in [0.1, 0.15) is 0 Å². The minimum absolute atomic E-state index is 0.00470. The molecule has 7 heteroatoms. The molecule has 2 heterocycles. The van der Waals surface area contributed by atoms with Gasteiger partial charge in [-0.1, -0.05) is 42.5 Å². The maximum atomic E-state index is 12.9. The number of hydrogen-bond donors (Lipinski definition) is 2. The highest BCUT2D eigenvalue weighted by atomic mass is 16.3. The molecule has 0 saturated carbocycles. The van der Waals surface area contributed by atoms with Crippen LogP contribution in [-0.2, 0) is 0 Å². The van der Waals surface area contributed by atoms with E-state index in [4.69, 9.17) is 4.42 Å². The van der Waals surface area contributed by atoms with E-state index in [-0.39, 0.29) is 27.3 Å². The standard InChI is InChI=1S/C20H11N3O4/c24-16-11-6-2-3-7-12(11)17(25)18-15(16)19(26)22-23-20(27-18)14-9-10-5-1-4-8-13(10)21-14/h1-9,21H,(H,22,26). The molecule has 0 fully saturated rings. The van der Waals surface area contributed by atoms with Gasteiger partial charge in [-0.3, -0.25) is 14.4 Å². The van der Waals surface area contributed by atoms with E-state index in [0.29, 0.717) is 5.69 Å². The van der Waals surface area contributed by atoms with E-state index in [2.05, 4.69) is 15.2 Å². The van der Waals surface area contributed by atoms with Gasteiger partial charge in [0, 0.05) is 21.7 Å². The van der Waals surface area contributed by atoms with Crippen molar-refractivity contribution in [2.24, 2.45) is 0 Å². The second kappa shape index (κ2) is 5.50. The number of nitrogens with zero attached hydrogens (tertiary/aromatic N) is 1. The largest absolute Gasteiger partial charge is 0.431 e. The number of aromatic nitrogens is 3. The Morgan fingerprint density at radius 2 is 1.56 bits per heavy atom. The first kappa shape index (κ1) is 15.3. The highest BCUT2D eigenvalue weighted by Crippen LogP contribution is 2.21. The quantitative estimate of drug-likeness (QED) is 0.478. The molecule has 0 radical (unpaired) electrons. The van der Waals surface area contributed by atoms with Crippen molar-refractivity contribution < 1.29 is 4.42 Å². The molecule has 2 aromatic carbocycles. The Hall–Kier alpha value is -4.00. The zero-order valence-electron chi connectivity index (χ0n) is 13.8. The van der Waals surface area contributed by atoms with Crippen LogP contribution >= 0.6 is 0 Å². The molecular formula is C20H11N3O4. The maximum Gasteiger partial charge on any atom is 0.279 e. The van der Waals surface area contributed by atoms with E-state index in [1.54, 1.807) is 18.2 Å². The van der Waals surface area contributed by atoms with Gasteiger partial charge in [0.2, 0.25) is 10.9 Å². The van der Waals surface area contributed by atoms with Crippen LogP contribution in [0.25, 0.3) is 33.3 Å². The average Bonchev–Trinajstić information content (AvgIpc) is 3.04. The van der Waals surface area contributed by atoms with Crippen LogP contribution in [-0.4, -0.2) is 15.2 Å². The summed E-state index contributed by atoms with van der Waals surface area (Å²) in [6.45, 7) is 0. The Balaban J connectivity index is 1.98. The van der Waals surface area contributed by atoms with Crippen molar-refractivity contribution in [2.75, 3.05) is 0 Å². The molecule has 0 saturated heterocycles. The second-order valence-corrected chi connectivity index (χ2v) is 6.14. The average molecular weight is 357 g/mol. The number of nitrogens with one attached hydrogen (secondary N) is 2. The van der Waals surface area contributed by atoms with Crippen LogP contribution in [0.5, 0.6) is 0 Å². The van der Waals surface area contributed by atoms with E-state index in [9.17, 15) is 14.4 Å². The van der Waals surface area contributed by atoms with E-state index < -0.39 is 16.4 Å². The van der Waals surface area contributed by atoms with Gasteiger partial charge < -0.3 is 9.40 Å². The Labute approximate surface area is 149 Å². The summed E-state index contributed by atoms with van der Waals surface area (Å²) in [5.74, 6) is 0.00470. The predicted octanol–water partition coefficient (Wildman–Crippen LogP) is 2.11. The van der Waals surface area contributed by atoms with Gasteiger partial charge in [0.05, 0.1) is 0 Å². The van der Waals surface area contributed by atoms with Gasteiger partial charge in [-0.05, 0) is 12.1 Å². The lowest BCUT2D eigenvalue weighted by Crippen LogP contribution is -2.22. The third-order valence-electron chi connectivity index (χ3n) is 4.52. The predicted molar refractivity (Wildman–Crippen MR) is 99.8 cm³/mol. The Morgan fingerprint density at radius 1 is 0.852 bits per heavy atom. The summed E-state index contributed by atoms with van der Waals surface area (Å²) in [5.41, 5.74) is -0.855. The third-order valence-corrected chi connectivity index (χ3v) is 4.52. The number of rotatable bonds is 1. The highest BCUT2D eigenvalue weighted by Gasteiger charge is 2.14. The highest BCUT2D eigenvalue weighted by molar-refractivity contribution is 5.84. The molecule has 1 aliphatic carbocycles. The van der Waals surface area contributed by atoms with E-state index in [0.717, 1.165) is 10.9 Å². The number of aromatic amines is 2. The summed E-state index contributed by atoms with van der Waals surface area (Å²) in [5, 5.41) is 7.19. The monoisotopic (exact) mass is 357 g/mol. The van der Waals surface area contributed by atoms with Crippen LogP contribution in [0.4, 0.5) is 0 Å². The lowest BCUT2D eigenvalue weighted by atomic mass is 10.1. The molecule has 1 aliphatic heterocycles. The van der Waals surface area contributed by atoms with Crippen molar-refractivity contribution in [1.29, 1.82) is 0 Å². The second-order valence-electron chi connectivity index (χ2n) is 6.14. The first-order valence-corrected chi connectivity index (χ1v) is 8.20. The summed E-state index contributed by atoms with van der Waals surface area (Å²) >= 11 is 0. The zero-order valence-corrected chi connectivity index (χ0v) is 13.8.